The van der Waals surface area contributed by atoms with Gasteiger partial charge in [-0.1, -0.05) is 43.5 Å². The normalized spacial score (nSPS) is 29.6. The number of rotatable bonds is 10. The summed E-state index contributed by atoms with van der Waals surface area (Å²) in [4.78, 5) is 13.2. The second-order valence-electron chi connectivity index (χ2n) is 13.6. The molecule has 6 atom stereocenters. The standard InChI is InChI=1S/C31H41F6NO7S3/c1-20(46-16-14-45-15-17-46)28(39)22-10-8-21(9-11-22)23-4-2-5-24(18-23)26-7-3-6-25-19-38(13-12-27(25)26)47(40,41)30(34,35)29(32,33)31(36,37)48(42,43)44/h8-11,20,23-27H,2-7,12-19H2,1H3/p+1. The predicted octanol–water partition coefficient (Wildman–Crippen LogP) is 5.96. The quantitative estimate of drug-likeness (QED) is 0.136. The molecule has 2 saturated carbocycles. The van der Waals surface area contributed by atoms with Crippen molar-refractivity contribution in [1.82, 2.24) is 4.31 Å². The van der Waals surface area contributed by atoms with Crippen molar-refractivity contribution in [3.8, 4) is 0 Å². The first-order valence-corrected chi connectivity index (χ1v) is 20.8. The molecule has 0 radical (unpaired) electrons. The van der Waals surface area contributed by atoms with Crippen molar-refractivity contribution in [1.29, 1.82) is 0 Å². The van der Waals surface area contributed by atoms with Crippen LogP contribution in [0.1, 0.15) is 80.1 Å². The molecular weight excluding hydrogens is 709 g/mol. The van der Waals surface area contributed by atoms with E-state index in [4.69, 9.17) is 9.29 Å². The predicted molar refractivity (Wildman–Crippen MR) is 169 cm³/mol. The summed E-state index contributed by atoms with van der Waals surface area (Å²) >= 11 is 0. The second-order valence-corrected chi connectivity index (χ2v) is 19.6. The zero-order valence-electron chi connectivity index (χ0n) is 26.5. The number of alkyl halides is 6. The largest absolute Gasteiger partial charge is 0.439 e. The van der Waals surface area contributed by atoms with Crippen LogP contribution < -0.4 is 0 Å². The highest BCUT2D eigenvalue weighted by atomic mass is 32.2. The Morgan fingerprint density at radius 2 is 1.46 bits per heavy atom. The van der Waals surface area contributed by atoms with Crippen LogP contribution in [-0.4, -0.2) is 91.0 Å². The molecule has 2 aliphatic heterocycles. The highest BCUT2D eigenvalue weighted by Gasteiger charge is 2.82. The summed E-state index contributed by atoms with van der Waals surface area (Å²) in [5, 5.41) is -13.3. The van der Waals surface area contributed by atoms with Crippen LogP contribution in [0.5, 0.6) is 0 Å². The van der Waals surface area contributed by atoms with Gasteiger partial charge < -0.3 is 4.74 Å². The minimum Gasteiger partial charge on any atom is -0.372 e. The smallest absolute Gasteiger partial charge is 0.372 e. The topological polar surface area (TPSA) is 118 Å². The Kier molecular flexibility index (Phi) is 11.0. The lowest BCUT2D eigenvalue weighted by Crippen LogP contribution is -2.64. The maximum absolute atomic E-state index is 14.7. The molecule has 8 nitrogen and oxygen atoms in total. The lowest BCUT2D eigenvalue weighted by Gasteiger charge is -2.49. The zero-order chi connectivity index (χ0) is 35.3. The summed E-state index contributed by atoms with van der Waals surface area (Å²) < 4.78 is 147. The van der Waals surface area contributed by atoms with Crippen molar-refractivity contribution in [3.63, 3.8) is 0 Å². The minimum atomic E-state index is -7.08. The van der Waals surface area contributed by atoms with Gasteiger partial charge in [0.15, 0.2) is 5.25 Å². The van der Waals surface area contributed by atoms with Gasteiger partial charge in [-0.25, -0.2) is 8.42 Å². The van der Waals surface area contributed by atoms with Crippen LogP contribution in [0.4, 0.5) is 26.3 Å². The lowest BCUT2D eigenvalue weighted by molar-refractivity contribution is -0.247. The van der Waals surface area contributed by atoms with E-state index in [-0.39, 0.29) is 56.3 Å². The molecule has 1 aromatic carbocycles. The van der Waals surface area contributed by atoms with E-state index < -0.39 is 55.6 Å². The molecule has 1 N–H and O–H groups in total. The number of Topliss-reactive ketones (excluding diaryl/α,β-unsaturated/α-hetero) is 1. The molecule has 2 heterocycles. The van der Waals surface area contributed by atoms with Gasteiger partial charge in [-0.15, -0.1) is 0 Å². The maximum atomic E-state index is 14.7. The molecule has 0 aromatic heterocycles. The molecular formula is C31H42F6NO7S3+. The highest BCUT2D eigenvalue weighted by molar-refractivity contribution is 7.98. The zero-order valence-corrected chi connectivity index (χ0v) is 29.0. The number of sulfonamides is 1. The van der Waals surface area contributed by atoms with Gasteiger partial charge in [0, 0.05) is 29.5 Å². The second kappa shape index (κ2) is 14.0. The molecule has 1 aromatic rings. The molecule has 4 aliphatic rings. The number of fused-ring (bicyclic) bond motifs is 1. The first-order valence-electron chi connectivity index (χ1n) is 16.3. The summed E-state index contributed by atoms with van der Waals surface area (Å²) in [5.41, 5.74) is 1.80. The molecule has 272 valence electrons. The number of hydrogen-bond donors (Lipinski definition) is 1. The van der Waals surface area contributed by atoms with Crippen LogP contribution in [0.2, 0.25) is 0 Å². The van der Waals surface area contributed by atoms with Crippen molar-refractivity contribution >= 4 is 36.8 Å². The summed E-state index contributed by atoms with van der Waals surface area (Å²) in [7, 11) is -13.5. The Morgan fingerprint density at radius 1 is 0.875 bits per heavy atom. The number of carbonyl (C=O) groups excluding carboxylic acids is 1. The Hall–Kier alpha value is -1.40. The number of nitrogens with zero attached hydrogens (tertiary/aromatic N) is 1. The average molecular weight is 751 g/mol. The van der Waals surface area contributed by atoms with E-state index in [2.05, 4.69) is 0 Å². The Balaban J connectivity index is 1.24. The molecule has 6 unspecified atom stereocenters. The number of piperidine rings is 1. The van der Waals surface area contributed by atoms with Crippen LogP contribution in [-0.2, 0) is 35.8 Å². The van der Waals surface area contributed by atoms with E-state index in [0.717, 1.165) is 49.2 Å². The summed E-state index contributed by atoms with van der Waals surface area (Å²) in [6.45, 7) is 2.15. The van der Waals surface area contributed by atoms with Gasteiger partial charge in [0.1, 0.15) is 11.5 Å². The van der Waals surface area contributed by atoms with Crippen molar-refractivity contribution in [2.45, 2.75) is 85.9 Å². The third-order valence-electron chi connectivity index (χ3n) is 11.0. The summed E-state index contributed by atoms with van der Waals surface area (Å²) in [6.07, 6.45) is 5.64. The first kappa shape index (κ1) is 37.8. The van der Waals surface area contributed by atoms with Gasteiger partial charge in [-0.3, -0.25) is 9.35 Å². The van der Waals surface area contributed by atoms with Gasteiger partial charge in [-0.2, -0.15) is 39.1 Å². The van der Waals surface area contributed by atoms with Crippen LogP contribution >= 0.6 is 0 Å². The fourth-order valence-corrected chi connectivity index (χ4v) is 12.3. The highest BCUT2D eigenvalue weighted by Crippen LogP contribution is 2.54. The molecule has 0 amide bonds. The maximum Gasteiger partial charge on any atom is 0.439 e. The van der Waals surface area contributed by atoms with E-state index in [9.17, 15) is 48.0 Å². The fourth-order valence-electron chi connectivity index (χ4n) is 8.29. The Morgan fingerprint density at radius 3 is 2.08 bits per heavy atom. The third-order valence-corrected chi connectivity index (χ3v) is 16.4. The van der Waals surface area contributed by atoms with E-state index in [1.54, 1.807) is 0 Å². The SMILES string of the molecule is CC(C(=O)c1ccc(C2CCCC(C3CCCC4CN(S(=O)(=O)C(F)(F)C(F)(F)C(F)(F)S(=O)(=O)O)CCC43)C2)cc1)[S+]1CCOCC1. The van der Waals surface area contributed by atoms with E-state index in [1.807, 2.05) is 31.2 Å². The number of ketones is 1. The van der Waals surface area contributed by atoms with Crippen molar-refractivity contribution in [2.24, 2.45) is 23.7 Å². The van der Waals surface area contributed by atoms with Gasteiger partial charge in [-0.05, 0) is 74.2 Å². The first-order chi connectivity index (χ1) is 22.3. The van der Waals surface area contributed by atoms with Crippen molar-refractivity contribution < 1.29 is 57.3 Å². The number of halogens is 6. The summed E-state index contributed by atoms with van der Waals surface area (Å²) in [6, 6.07) is 7.79. The van der Waals surface area contributed by atoms with Crippen LogP contribution in [0, 0.1) is 23.7 Å². The van der Waals surface area contributed by atoms with E-state index >= 15 is 0 Å². The molecule has 48 heavy (non-hydrogen) atoms. The summed E-state index contributed by atoms with van der Waals surface area (Å²) in [5.74, 6) is -4.98. The van der Waals surface area contributed by atoms with Gasteiger partial charge in [0.25, 0.3) is 10.0 Å². The van der Waals surface area contributed by atoms with Crippen LogP contribution in [0.15, 0.2) is 24.3 Å². The number of benzene rings is 1. The third kappa shape index (κ3) is 6.81. The molecule has 4 fully saturated rings. The number of ether oxygens (including phenoxy) is 1. The minimum absolute atomic E-state index is 0.00638. The van der Waals surface area contributed by atoms with Gasteiger partial charge in [0.05, 0.1) is 13.2 Å². The number of carbonyl (C=O) groups is 1. The molecule has 2 saturated heterocycles. The Bertz CT molecular complexity index is 1540. The molecule has 2 aliphatic carbocycles. The molecule has 0 spiro atoms. The van der Waals surface area contributed by atoms with E-state index in [0.29, 0.717) is 31.6 Å². The lowest BCUT2D eigenvalue weighted by atomic mass is 9.60. The van der Waals surface area contributed by atoms with Crippen molar-refractivity contribution in [2.75, 3.05) is 37.8 Å². The van der Waals surface area contributed by atoms with Crippen LogP contribution in [0.3, 0.4) is 0 Å². The molecule has 0 bridgehead atoms. The molecule has 5 rings (SSSR count). The van der Waals surface area contributed by atoms with Gasteiger partial charge in [0.2, 0.25) is 5.78 Å². The average Bonchev–Trinajstić information content (AvgIpc) is 3.06. The van der Waals surface area contributed by atoms with E-state index in [1.165, 1.54) is 0 Å². The molecule has 17 heteroatoms. The monoisotopic (exact) mass is 750 g/mol. The number of hydrogen-bond acceptors (Lipinski definition) is 6. The van der Waals surface area contributed by atoms with Crippen LogP contribution in [0.25, 0.3) is 0 Å². The Labute approximate surface area is 280 Å². The van der Waals surface area contributed by atoms with Gasteiger partial charge >= 0.3 is 26.5 Å². The fraction of sp³-hybridized carbons (Fsp3) is 0.774. The van der Waals surface area contributed by atoms with Crippen molar-refractivity contribution in [3.05, 3.63) is 35.4 Å².